The SMILES string of the molecule is CCOC(=O)CCc1c(C(c2cccc(Br)c2)c2c(O)c3ccccc3oc2=O)[nH]c2ccccc12. The number of aromatic hydroxyl groups is 1. The van der Waals surface area contributed by atoms with Crippen molar-refractivity contribution < 1.29 is 19.1 Å². The van der Waals surface area contributed by atoms with Gasteiger partial charge in [0.05, 0.1) is 23.5 Å². The average Bonchev–Trinajstić information content (AvgIpc) is 3.23. The van der Waals surface area contributed by atoms with Gasteiger partial charge in [-0.25, -0.2) is 4.79 Å². The summed E-state index contributed by atoms with van der Waals surface area (Å²) in [4.78, 5) is 29.1. The Morgan fingerprint density at radius 2 is 1.81 bits per heavy atom. The van der Waals surface area contributed by atoms with Crippen LogP contribution in [0.4, 0.5) is 0 Å². The summed E-state index contributed by atoms with van der Waals surface area (Å²) in [7, 11) is 0. The molecule has 0 aliphatic carbocycles. The number of fused-ring (bicyclic) bond motifs is 2. The molecule has 6 nitrogen and oxygen atoms in total. The van der Waals surface area contributed by atoms with Crippen molar-refractivity contribution in [3.05, 3.63) is 110 Å². The highest BCUT2D eigenvalue weighted by Gasteiger charge is 2.30. The molecule has 7 heteroatoms. The quantitative estimate of drug-likeness (QED) is 0.182. The summed E-state index contributed by atoms with van der Waals surface area (Å²) in [6.07, 6.45) is 0.592. The maximum absolute atomic E-state index is 13.4. The number of para-hydroxylation sites is 2. The van der Waals surface area contributed by atoms with Crippen LogP contribution in [0, 0.1) is 0 Å². The molecule has 0 fully saturated rings. The van der Waals surface area contributed by atoms with Gasteiger partial charge >= 0.3 is 11.6 Å². The molecule has 5 aromatic rings. The van der Waals surface area contributed by atoms with E-state index in [9.17, 15) is 14.7 Å². The van der Waals surface area contributed by atoms with Crippen molar-refractivity contribution in [2.24, 2.45) is 0 Å². The van der Waals surface area contributed by atoms with E-state index in [1.54, 1.807) is 31.2 Å². The number of carbonyl (C=O) groups excluding carboxylic acids is 1. The van der Waals surface area contributed by atoms with Crippen LogP contribution in [0.2, 0.25) is 0 Å². The van der Waals surface area contributed by atoms with E-state index in [1.807, 2.05) is 48.5 Å². The fraction of sp³-hybridized carbons (Fsp3) is 0.172. The summed E-state index contributed by atoms with van der Waals surface area (Å²) in [5, 5.41) is 12.8. The molecule has 0 saturated heterocycles. The number of H-pyrrole nitrogens is 1. The van der Waals surface area contributed by atoms with Crippen molar-refractivity contribution in [2.75, 3.05) is 6.61 Å². The molecule has 182 valence electrons. The standard InChI is InChI=1S/C29H24BrNO5/c1-2-35-24(32)15-14-20-19-10-3-5-12-22(19)31-27(20)25(17-8-7-9-18(30)16-17)26-28(33)21-11-4-6-13-23(21)36-29(26)34/h3-13,16,25,31,33H,2,14-15H2,1H3. The number of esters is 1. The third-order valence-corrected chi connectivity index (χ3v) is 6.80. The third-order valence-electron chi connectivity index (χ3n) is 6.31. The Morgan fingerprint density at radius 3 is 2.58 bits per heavy atom. The molecule has 1 atom stereocenters. The van der Waals surface area contributed by atoms with Crippen LogP contribution in [0.3, 0.4) is 0 Å². The third kappa shape index (κ3) is 4.42. The Bertz CT molecular complexity index is 1630. The smallest absolute Gasteiger partial charge is 0.344 e. The number of rotatable bonds is 7. The second kappa shape index (κ2) is 10.0. The molecule has 3 aromatic carbocycles. The Balaban J connectivity index is 1.78. The Kier molecular flexibility index (Phi) is 6.65. The van der Waals surface area contributed by atoms with Gasteiger partial charge in [-0.2, -0.15) is 0 Å². The number of hydrogen-bond acceptors (Lipinski definition) is 5. The van der Waals surface area contributed by atoms with Gasteiger partial charge in [0, 0.05) is 27.5 Å². The van der Waals surface area contributed by atoms with Crippen LogP contribution in [-0.4, -0.2) is 22.7 Å². The number of ether oxygens (including phenoxy) is 1. The fourth-order valence-electron chi connectivity index (χ4n) is 4.76. The van der Waals surface area contributed by atoms with Crippen LogP contribution in [0.25, 0.3) is 21.9 Å². The van der Waals surface area contributed by atoms with Crippen molar-refractivity contribution in [1.29, 1.82) is 0 Å². The van der Waals surface area contributed by atoms with Gasteiger partial charge in [-0.1, -0.05) is 58.4 Å². The Hall–Kier alpha value is -3.84. The number of hydrogen-bond donors (Lipinski definition) is 2. The number of aryl methyl sites for hydroxylation is 1. The van der Waals surface area contributed by atoms with Crippen LogP contribution < -0.4 is 5.63 Å². The molecule has 0 spiro atoms. The van der Waals surface area contributed by atoms with Gasteiger partial charge < -0.3 is 19.2 Å². The first-order valence-electron chi connectivity index (χ1n) is 11.7. The molecule has 0 amide bonds. The van der Waals surface area contributed by atoms with Crippen LogP contribution >= 0.6 is 15.9 Å². The zero-order chi connectivity index (χ0) is 25.2. The van der Waals surface area contributed by atoms with Gasteiger partial charge in [-0.15, -0.1) is 0 Å². The fourth-order valence-corrected chi connectivity index (χ4v) is 5.18. The first kappa shape index (κ1) is 23.9. The summed E-state index contributed by atoms with van der Waals surface area (Å²) >= 11 is 3.54. The van der Waals surface area contributed by atoms with E-state index in [2.05, 4.69) is 20.9 Å². The number of aromatic nitrogens is 1. The Morgan fingerprint density at radius 1 is 1.06 bits per heavy atom. The minimum absolute atomic E-state index is 0.123. The molecular weight excluding hydrogens is 522 g/mol. The molecule has 0 aliphatic heterocycles. The van der Waals surface area contributed by atoms with E-state index in [4.69, 9.17) is 9.15 Å². The maximum atomic E-state index is 13.4. The molecule has 0 bridgehead atoms. The van der Waals surface area contributed by atoms with Gasteiger partial charge in [-0.05, 0) is 54.8 Å². The number of aromatic amines is 1. The molecule has 1 unspecified atom stereocenters. The monoisotopic (exact) mass is 545 g/mol. The van der Waals surface area contributed by atoms with Gasteiger partial charge in [0.1, 0.15) is 11.3 Å². The second-order valence-corrected chi connectivity index (χ2v) is 9.42. The highest BCUT2D eigenvalue weighted by atomic mass is 79.9. The summed E-state index contributed by atoms with van der Waals surface area (Å²) in [6.45, 7) is 2.09. The average molecular weight is 546 g/mol. The largest absolute Gasteiger partial charge is 0.507 e. The topological polar surface area (TPSA) is 92.5 Å². The summed E-state index contributed by atoms with van der Waals surface area (Å²) in [5.74, 6) is -1.09. The zero-order valence-corrected chi connectivity index (χ0v) is 21.2. The molecule has 0 aliphatic rings. The van der Waals surface area contributed by atoms with Crippen molar-refractivity contribution in [2.45, 2.75) is 25.7 Å². The van der Waals surface area contributed by atoms with Crippen molar-refractivity contribution >= 4 is 43.8 Å². The number of halogens is 1. The van der Waals surface area contributed by atoms with E-state index >= 15 is 0 Å². The van der Waals surface area contributed by atoms with Crippen molar-refractivity contribution in [3.8, 4) is 5.75 Å². The molecule has 2 heterocycles. The van der Waals surface area contributed by atoms with Crippen LogP contribution in [-0.2, 0) is 16.0 Å². The highest BCUT2D eigenvalue weighted by molar-refractivity contribution is 9.10. The maximum Gasteiger partial charge on any atom is 0.344 e. The number of nitrogens with one attached hydrogen (secondary N) is 1. The predicted octanol–water partition coefficient (Wildman–Crippen LogP) is 6.42. The predicted molar refractivity (Wildman–Crippen MR) is 142 cm³/mol. The molecule has 0 radical (unpaired) electrons. The van der Waals surface area contributed by atoms with E-state index in [1.165, 1.54) is 0 Å². The van der Waals surface area contributed by atoms with Crippen LogP contribution in [0.15, 0.2) is 86.5 Å². The minimum Gasteiger partial charge on any atom is -0.507 e. The molecule has 5 rings (SSSR count). The van der Waals surface area contributed by atoms with Gasteiger partial charge in [0.25, 0.3) is 0 Å². The van der Waals surface area contributed by atoms with Crippen molar-refractivity contribution in [3.63, 3.8) is 0 Å². The second-order valence-electron chi connectivity index (χ2n) is 8.50. The minimum atomic E-state index is -0.673. The van der Waals surface area contributed by atoms with Gasteiger partial charge in [0.15, 0.2) is 0 Å². The molecular formula is C29H24BrNO5. The van der Waals surface area contributed by atoms with Gasteiger partial charge in [0.2, 0.25) is 0 Å². The summed E-state index contributed by atoms with van der Waals surface area (Å²) in [5.41, 5.74) is 3.09. The van der Waals surface area contributed by atoms with E-state index < -0.39 is 11.5 Å². The lowest BCUT2D eigenvalue weighted by atomic mass is 9.85. The van der Waals surface area contributed by atoms with Crippen molar-refractivity contribution in [1.82, 2.24) is 4.98 Å². The molecule has 36 heavy (non-hydrogen) atoms. The Labute approximate surface area is 215 Å². The van der Waals surface area contributed by atoms with Crippen LogP contribution in [0.1, 0.15) is 41.6 Å². The lowest BCUT2D eigenvalue weighted by Crippen LogP contribution is -2.17. The number of benzene rings is 3. The number of carbonyl (C=O) groups is 1. The molecule has 2 aromatic heterocycles. The summed E-state index contributed by atoms with van der Waals surface area (Å²) in [6, 6.07) is 22.3. The zero-order valence-electron chi connectivity index (χ0n) is 19.6. The lowest BCUT2D eigenvalue weighted by molar-refractivity contribution is -0.143. The first-order chi connectivity index (χ1) is 17.5. The lowest BCUT2D eigenvalue weighted by Gasteiger charge is -2.20. The molecule has 0 saturated carbocycles. The highest BCUT2D eigenvalue weighted by Crippen LogP contribution is 2.41. The molecule has 2 N–H and O–H groups in total. The van der Waals surface area contributed by atoms with Gasteiger partial charge in [-0.3, -0.25) is 4.79 Å². The summed E-state index contributed by atoms with van der Waals surface area (Å²) < 4.78 is 11.7. The first-order valence-corrected chi connectivity index (χ1v) is 12.5. The normalized spacial score (nSPS) is 12.2. The van der Waals surface area contributed by atoms with E-state index in [-0.39, 0.29) is 23.7 Å². The van der Waals surface area contributed by atoms with Crippen LogP contribution in [0.5, 0.6) is 5.75 Å². The van der Waals surface area contributed by atoms with E-state index in [0.717, 1.165) is 32.2 Å². The van der Waals surface area contributed by atoms with E-state index in [0.29, 0.717) is 24.0 Å².